The lowest BCUT2D eigenvalue weighted by Crippen LogP contribution is -2.50. The van der Waals surface area contributed by atoms with E-state index in [0.29, 0.717) is 16.5 Å². The van der Waals surface area contributed by atoms with Gasteiger partial charge in [0.25, 0.3) is 0 Å². The number of carbonyl (C=O) groups is 2. The molecule has 0 aliphatic rings. The lowest BCUT2D eigenvalue weighted by Gasteiger charge is -2.21. The molecule has 24 heavy (non-hydrogen) atoms. The molecule has 3 N–H and O–H groups in total. The Morgan fingerprint density at radius 3 is 2.62 bits per heavy atom. The maximum absolute atomic E-state index is 12.3. The second-order valence-electron chi connectivity index (χ2n) is 5.63. The molecule has 0 radical (unpaired) electrons. The van der Waals surface area contributed by atoms with Crippen LogP contribution in [-0.2, 0) is 11.3 Å². The van der Waals surface area contributed by atoms with E-state index >= 15 is 0 Å². The highest BCUT2D eigenvalue weighted by Crippen LogP contribution is 2.15. The molecule has 1 aromatic carbocycles. The van der Waals surface area contributed by atoms with Gasteiger partial charge in [-0.05, 0) is 36.2 Å². The Morgan fingerprint density at radius 1 is 1.21 bits per heavy atom. The number of rotatable bonds is 6. The van der Waals surface area contributed by atoms with E-state index in [1.165, 1.54) is 6.26 Å². The summed E-state index contributed by atoms with van der Waals surface area (Å²) in [6.45, 7) is 3.99. The summed E-state index contributed by atoms with van der Waals surface area (Å²) in [6.07, 6.45) is 1.54. The van der Waals surface area contributed by atoms with Crippen LogP contribution in [0.5, 0.6) is 0 Å². The van der Waals surface area contributed by atoms with Crippen molar-refractivity contribution >= 4 is 29.2 Å². The van der Waals surface area contributed by atoms with Crippen LogP contribution in [0.25, 0.3) is 0 Å². The lowest BCUT2D eigenvalue weighted by molar-refractivity contribution is -0.124. The minimum atomic E-state index is -0.667. The number of benzene rings is 1. The minimum Gasteiger partial charge on any atom is -0.467 e. The first kappa shape index (κ1) is 17.9. The van der Waals surface area contributed by atoms with Gasteiger partial charge in [-0.15, -0.1) is 0 Å². The molecule has 3 amide bonds. The second kappa shape index (κ2) is 8.40. The van der Waals surface area contributed by atoms with Gasteiger partial charge in [0.15, 0.2) is 0 Å². The van der Waals surface area contributed by atoms with Gasteiger partial charge in [-0.3, -0.25) is 4.79 Å². The number of carbonyl (C=O) groups excluding carboxylic acids is 2. The maximum Gasteiger partial charge on any atom is 0.319 e. The van der Waals surface area contributed by atoms with Crippen molar-refractivity contribution in [3.05, 3.63) is 53.4 Å². The predicted molar refractivity (Wildman–Crippen MR) is 92.8 cm³/mol. The number of urea groups is 1. The fourth-order valence-corrected chi connectivity index (χ4v) is 2.30. The summed E-state index contributed by atoms with van der Waals surface area (Å²) >= 11 is 5.88. The third-order valence-electron chi connectivity index (χ3n) is 3.34. The molecule has 0 unspecified atom stereocenters. The maximum atomic E-state index is 12.3. The first-order chi connectivity index (χ1) is 11.5. The number of halogens is 1. The Kier molecular flexibility index (Phi) is 6.26. The van der Waals surface area contributed by atoms with Crippen molar-refractivity contribution in [1.29, 1.82) is 0 Å². The molecular weight excluding hydrogens is 330 g/mol. The van der Waals surface area contributed by atoms with Gasteiger partial charge >= 0.3 is 6.03 Å². The van der Waals surface area contributed by atoms with Gasteiger partial charge in [-0.25, -0.2) is 4.79 Å². The van der Waals surface area contributed by atoms with Crippen molar-refractivity contribution in [2.45, 2.75) is 26.4 Å². The zero-order chi connectivity index (χ0) is 17.5. The Hall–Kier alpha value is -2.47. The topological polar surface area (TPSA) is 83.4 Å². The van der Waals surface area contributed by atoms with Crippen LogP contribution < -0.4 is 16.0 Å². The lowest BCUT2D eigenvalue weighted by atomic mass is 10.0. The Bertz CT molecular complexity index is 686. The zero-order valence-electron chi connectivity index (χ0n) is 13.5. The molecule has 6 nitrogen and oxygen atoms in total. The Balaban J connectivity index is 1.91. The fraction of sp³-hybridized carbons (Fsp3) is 0.294. The second-order valence-corrected chi connectivity index (χ2v) is 6.06. The van der Waals surface area contributed by atoms with Crippen LogP contribution in [-0.4, -0.2) is 18.0 Å². The summed E-state index contributed by atoms with van der Waals surface area (Å²) < 4.78 is 5.17. The first-order valence-electron chi connectivity index (χ1n) is 7.59. The van der Waals surface area contributed by atoms with Crippen molar-refractivity contribution in [2.75, 3.05) is 5.32 Å². The quantitative estimate of drug-likeness (QED) is 0.747. The van der Waals surface area contributed by atoms with Gasteiger partial charge in [-0.2, -0.15) is 0 Å². The molecule has 0 bridgehead atoms. The summed E-state index contributed by atoms with van der Waals surface area (Å²) in [4.78, 5) is 24.4. The highest BCUT2D eigenvalue weighted by Gasteiger charge is 2.24. The summed E-state index contributed by atoms with van der Waals surface area (Å²) in [5, 5.41) is 8.60. The molecule has 0 saturated carbocycles. The van der Waals surface area contributed by atoms with Gasteiger partial charge in [0, 0.05) is 10.7 Å². The van der Waals surface area contributed by atoms with Crippen molar-refractivity contribution in [1.82, 2.24) is 10.6 Å². The fourth-order valence-electron chi connectivity index (χ4n) is 2.11. The van der Waals surface area contributed by atoms with Crippen LogP contribution in [0.2, 0.25) is 5.02 Å². The van der Waals surface area contributed by atoms with Gasteiger partial charge in [0.1, 0.15) is 11.8 Å². The van der Waals surface area contributed by atoms with Crippen LogP contribution in [0.15, 0.2) is 47.1 Å². The number of nitrogens with one attached hydrogen (secondary N) is 3. The van der Waals surface area contributed by atoms with Crippen LogP contribution in [0.1, 0.15) is 19.6 Å². The number of hydrogen-bond acceptors (Lipinski definition) is 3. The van der Waals surface area contributed by atoms with Crippen LogP contribution in [0, 0.1) is 5.92 Å². The molecule has 0 aliphatic carbocycles. The highest BCUT2D eigenvalue weighted by molar-refractivity contribution is 6.30. The van der Waals surface area contributed by atoms with E-state index in [1.54, 1.807) is 36.4 Å². The monoisotopic (exact) mass is 349 g/mol. The third kappa shape index (κ3) is 5.31. The van der Waals surface area contributed by atoms with Gasteiger partial charge in [0.2, 0.25) is 5.91 Å². The highest BCUT2D eigenvalue weighted by atomic mass is 35.5. The number of amides is 3. The van der Waals surface area contributed by atoms with Crippen LogP contribution in [0.3, 0.4) is 0 Å². The summed E-state index contributed by atoms with van der Waals surface area (Å²) in [7, 11) is 0. The summed E-state index contributed by atoms with van der Waals surface area (Å²) in [6, 6.07) is 9.16. The van der Waals surface area contributed by atoms with E-state index in [0.717, 1.165) is 0 Å². The third-order valence-corrected chi connectivity index (χ3v) is 3.57. The molecule has 0 aliphatic heterocycles. The van der Waals surface area contributed by atoms with E-state index < -0.39 is 12.1 Å². The standard InChI is InChI=1S/C17H20ClN3O3/c1-11(2)15(16(22)19-10-14-7-4-8-24-14)21-17(23)20-13-6-3-5-12(18)9-13/h3-9,11,15H,10H2,1-2H3,(H,19,22)(H2,20,21,23)/t15-/m0/s1. The number of furan rings is 1. The summed E-state index contributed by atoms with van der Waals surface area (Å²) in [5.74, 6) is 0.295. The van der Waals surface area contributed by atoms with E-state index in [2.05, 4.69) is 16.0 Å². The zero-order valence-corrected chi connectivity index (χ0v) is 14.3. The average molecular weight is 350 g/mol. The molecule has 1 aromatic heterocycles. The number of hydrogen-bond donors (Lipinski definition) is 3. The molecular formula is C17H20ClN3O3. The smallest absolute Gasteiger partial charge is 0.319 e. The van der Waals surface area contributed by atoms with E-state index in [-0.39, 0.29) is 18.4 Å². The average Bonchev–Trinajstić information content (AvgIpc) is 3.03. The van der Waals surface area contributed by atoms with E-state index in [9.17, 15) is 9.59 Å². The Morgan fingerprint density at radius 2 is 2.00 bits per heavy atom. The molecule has 0 fully saturated rings. The minimum absolute atomic E-state index is 0.0771. The van der Waals surface area contributed by atoms with E-state index in [4.69, 9.17) is 16.0 Å². The van der Waals surface area contributed by atoms with E-state index in [1.807, 2.05) is 13.8 Å². The van der Waals surface area contributed by atoms with Crippen LogP contribution in [0.4, 0.5) is 10.5 Å². The molecule has 2 rings (SSSR count). The molecule has 128 valence electrons. The van der Waals surface area contributed by atoms with Crippen molar-refractivity contribution in [3.8, 4) is 0 Å². The predicted octanol–water partition coefficient (Wildman–Crippen LogP) is 3.40. The Labute approximate surface area is 145 Å². The van der Waals surface area contributed by atoms with Crippen molar-refractivity contribution in [2.24, 2.45) is 5.92 Å². The molecule has 1 atom stereocenters. The molecule has 0 saturated heterocycles. The van der Waals surface area contributed by atoms with Crippen molar-refractivity contribution in [3.63, 3.8) is 0 Å². The largest absolute Gasteiger partial charge is 0.467 e. The number of anilines is 1. The molecule has 2 aromatic rings. The van der Waals surface area contributed by atoms with Gasteiger partial charge < -0.3 is 20.4 Å². The molecule has 7 heteroatoms. The SMILES string of the molecule is CC(C)[C@H](NC(=O)Nc1cccc(Cl)c1)C(=O)NCc1ccco1. The molecule has 1 heterocycles. The van der Waals surface area contributed by atoms with Gasteiger partial charge in [0.05, 0.1) is 12.8 Å². The van der Waals surface area contributed by atoms with Crippen molar-refractivity contribution < 1.29 is 14.0 Å². The molecule has 0 spiro atoms. The van der Waals surface area contributed by atoms with Gasteiger partial charge in [-0.1, -0.05) is 31.5 Å². The van der Waals surface area contributed by atoms with Crippen LogP contribution >= 0.6 is 11.6 Å². The normalized spacial score (nSPS) is 11.8. The first-order valence-corrected chi connectivity index (χ1v) is 7.96. The summed E-state index contributed by atoms with van der Waals surface area (Å²) in [5.41, 5.74) is 0.554.